The van der Waals surface area contributed by atoms with Gasteiger partial charge in [-0.05, 0) is 61.9 Å². The number of anilines is 1. The molecule has 38 heavy (non-hydrogen) atoms. The van der Waals surface area contributed by atoms with Crippen LogP contribution in [0.1, 0.15) is 48.2 Å². The smallest absolute Gasteiger partial charge is 0.334 e. The number of carbonyl (C=O) groups excluding carboxylic acids is 1. The van der Waals surface area contributed by atoms with Gasteiger partial charge in [0, 0.05) is 25.8 Å². The summed E-state index contributed by atoms with van der Waals surface area (Å²) in [5.74, 6) is 0.174. The van der Waals surface area contributed by atoms with Gasteiger partial charge in [0.05, 0.1) is 33.5 Å². The Hall–Kier alpha value is -3.79. The number of fused-ring (bicyclic) bond motifs is 1. The molecule has 1 saturated carbocycles. The van der Waals surface area contributed by atoms with Crippen LogP contribution in [0.3, 0.4) is 0 Å². The van der Waals surface area contributed by atoms with Gasteiger partial charge in [0.1, 0.15) is 11.5 Å². The van der Waals surface area contributed by atoms with Gasteiger partial charge in [0.2, 0.25) is 0 Å². The summed E-state index contributed by atoms with van der Waals surface area (Å²) in [5, 5.41) is 6.01. The van der Waals surface area contributed by atoms with Crippen molar-refractivity contribution in [2.75, 3.05) is 12.4 Å². The second kappa shape index (κ2) is 10.9. The van der Waals surface area contributed by atoms with Crippen molar-refractivity contribution in [3.05, 3.63) is 81.6 Å². The molecule has 8 nitrogen and oxygen atoms in total. The summed E-state index contributed by atoms with van der Waals surface area (Å²) in [6.45, 7) is 0.537. The predicted molar refractivity (Wildman–Crippen MR) is 142 cm³/mol. The number of imidazole rings is 1. The number of hydrogen-bond acceptors (Lipinski definition) is 5. The highest BCUT2D eigenvalue weighted by molar-refractivity contribution is 6.30. The van der Waals surface area contributed by atoms with Gasteiger partial charge < -0.3 is 10.6 Å². The Morgan fingerprint density at radius 3 is 2.47 bits per heavy atom. The molecule has 5 rings (SSSR count). The fraction of sp³-hybridized carbons (Fsp3) is 0.333. The van der Waals surface area contributed by atoms with Crippen molar-refractivity contribution >= 4 is 34.2 Å². The van der Waals surface area contributed by atoms with Gasteiger partial charge in [0.25, 0.3) is 12.3 Å². The van der Waals surface area contributed by atoms with E-state index in [1.165, 1.54) is 6.07 Å². The summed E-state index contributed by atoms with van der Waals surface area (Å²) in [4.78, 5) is 34.4. The van der Waals surface area contributed by atoms with Gasteiger partial charge in [-0.2, -0.15) is 0 Å². The molecule has 0 radical (unpaired) electrons. The van der Waals surface area contributed by atoms with Crippen LogP contribution in [0, 0.1) is 5.92 Å². The first-order valence-electron chi connectivity index (χ1n) is 12.4. The molecule has 11 heteroatoms. The predicted octanol–water partition coefficient (Wildman–Crippen LogP) is 5.20. The SMILES string of the molecule is CNc1ccc(-n2c(=O)n(C[C@H]3CC[C@H](NC(=O)c4cc(Cl)cnc4C(F)F)CC3)c3ccccc32)nc1. The first kappa shape index (κ1) is 25.8. The zero-order valence-corrected chi connectivity index (χ0v) is 21.5. The van der Waals surface area contributed by atoms with Crippen LogP contribution in [-0.4, -0.2) is 38.1 Å². The number of alkyl halides is 2. The zero-order valence-electron chi connectivity index (χ0n) is 20.7. The lowest BCUT2D eigenvalue weighted by atomic mass is 9.85. The van der Waals surface area contributed by atoms with Gasteiger partial charge >= 0.3 is 5.69 Å². The van der Waals surface area contributed by atoms with Crippen LogP contribution in [0.5, 0.6) is 0 Å². The number of amides is 1. The third-order valence-electron chi connectivity index (χ3n) is 7.06. The monoisotopic (exact) mass is 540 g/mol. The molecule has 0 bridgehead atoms. The number of hydrogen-bond donors (Lipinski definition) is 2. The summed E-state index contributed by atoms with van der Waals surface area (Å²) in [7, 11) is 1.81. The molecule has 1 aromatic carbocycles. The topological polar surface area (TPSA) is 93.8 Å². The second-order valence-electron chi connectivity index (χ2n) is 9.45. The van der Waals surface area contributed by atoms with Gasteiger partial charge in [0.15, 0.2) is 0 Å². The summed E-state index contributed by atoms with van der Waals surface area (Å²) in [5.41, 5.74) is 1.54. The number of nitrogens with zero attached hydrogens (tertiary/aromatic N) is 4. The van der Waals surface area contributed by atoms with Gasteiger partial charge in [-0.15, -0.1) is 0 Å². The number of para-hydroxylation sites is 2. The highest BCUT2D eigenvalue weighted by atomic mass is 35.5. The molecule has 0 saturated heterocycles. The lowest BCUT2D eigenvalue weighted by molar-refractivity contribution is 0.0904. The highest BCUT2D eigenvalue weighted by Gasteiger charge is 2.27. The molecule has 1 aliphatic carbocycles. The number of aromatic nitrogens is 4. The molecule has 198 valence electrons. The van der Waals surface area contributed by atoms with Crippen molar-refractivity contribution in [2.24, 2.45) is 5.92 Å². The van der Waals surface area contributed by atoms with E-state index < -0.39 is 18.0 Å². The quantitative estimate of drug-likeness (QED) is 0.336. The lowest BCUT2D eigenvalue weighted by Crippen LogP contribution is -2.39. The molecular weight excluding hydrogens is 514 g/mol. The Morgan fingerprint density at radius 2 is 1.82 bits per heavy atom. The largest absolute Gasteiger partial charge is 0.387 e. The Bertz CT molecular complexity index is 1510. The zero-order chi connectivity index (χ0) is 26.8. The van der Waals surface area contributed by atoms with Crippen LogP contribution in [0.15, 0.2) is 59.7 Å². The molecule has 1 aliphatic rings. The van der Waals surface area contributed by atoms with E-state index in [1.807, 2.05) is 43.4 Å². The lowest BCUT2D eigenvalue weighted by Gasteiger charge is -2.29. The number of nitrogens with one attached hydrogen (secondary N) is 2. The fourth-order valence-electron chi connectivity index (χ4n) is 5.09. The molecular formula is C27H27ClF2N6O2. The van der Waals surface area contributed by atoms with Crippen molar-refractivity contribution < 1.29 is 13.6 Å². The average molecular weight is 541 g/mol. The molecule has 3 heterocycles. The van der Waals surface area contributed by atoms with Crippen LogP contribution >= 0.6 is 11.6 Å². The minimum Gasteiger partial charge on any atom is -0.387 e. The third kappa shape index (κ3) is 5.13. The van der Waals surface area contributed by atoms with Crippen LogP contribution in [0.2, 0.25) is 5.02 Å². The van der Waals surface area contributed by atoms with Crippen molar-refractivity contribution in [3.63, 3.8) is 0 Å². The summed E-state index contributed by atoms with van der Waals surface area (Å²) in [6, 6.07) is 12.4. The fourth-order valence-corrected chi connectivity index (χ4v) is 5.25. The third-order valence-corrected chi connectivity index (χ3v) is 7.27. The van der Waals surface area contributed by atoms with Crippen LogP contribution in [0.25, 0.3) is 16.9 Å². The van der Waals surface area contributed by atoms with Crippen molar-refractivity contribution in [2.45, 2.75) is 44.7 Å². The normalized spacial score (nSPS) is 17.6. The minimum absolute atomic E-state index is 0.126. The molecule has 0 spiro atoms. The Balaban J connectivity index is 1.30. The maximum Gasteiger partial charge on any atom is 0.334 e. The Labute approximate surface area is 222 Å². The van der Waals surface area contributed by atoms with Crippen molar-refractivity contribution in [3.8, 4) is 5.82 Å². The molecule has 4 aromatic rings. The molecule has 1 amide bonds. The van der Waals surface area contributed by atoms with Crippen LogP contribution < -0.4 is 16.3 Å². The minimum atomic E-state index is -2.87. The molecule has 0 aliphatic heterocycles. The molecule has 2 N–H and O–H groups in total. The van der Waals surface area contributed by atoms with Crippen molar-refractivity contribution in [1.82, 2.24) is 24.4 Å². The maximum atomic E-state index is 13.5. The molecule has 0 atom stereocenters. The number of carbonyl (C=O) groups is 1. The van der Waals surface area contributed by atoms with E-state index in [0.29, 0.717) is 25.2 Å². The summed E-state index contributed by atoms with van der Waals surface area (Å²) >= 11 is 5.89. The van der Waals surface area contributed by atoms with E-state index in [9.17, 15) is 18.4 Å². The number of rotatable bonds is 7. The van der Waals surface area contributed by atoms with E-state index in [4.69, 9.17) is 11.6 Å². The Morgan fingerprint density at radius 1 is 1.08 bits per heavy atom. The molecule has 0 unspecified atom stereocenters. The van der Waals surface area contributed by atoms with Crippen molar-refractivity contribution in [1.29, 1.82) is 0 Å². The van der Waals surface area contributed by atoms with E-state index in [0.717, 1.165) is 35.8 Å². The number of pyridine rings is 2. The summed E-state index contributed by atoms with van der Waals surface area (Å²) in [6.07, 6.45) is 2.83. The molecule has 1 fully saturated rings. The van der Waals surface area contributed by atoms with Crippen LogP contribution in [-0.2, 0) is 6.54 Å². The van der Waals surface area contributed by atoms with E-state index in [1.54, 1.807) is 15.3 Å². The standard InChI is InChI=1S/C27H27ClF2N6O2/c1-31-19-10-11-23(32-14-19)36-22-5-3-2-4-21(22)35(27(36)38)15-16-6-8-18(9-7-16)34-26(37)20-12-17(28)13-33-24(20)25(29)30/h2-5,10-14,16,18,25,31H,6-9,15H2,1H3,(H,34,37)/t16-,18-. The van der Waals surface area contributed by atoms with E-state index in [2.05, 4.69) is 20.6 Å². The molecule has 3 aromatic heterocycles. The first-order chi connectivity index (χ1) is 18.4. The van der Waals surface area contributed by atoms with Gasteiger partial charge in [-0.25, -0.2) is 23.1 Å². The first-order valence-corrected chi connectivity index (χ1v) is 12.8. The van der Waals surface area contributed by atoms with Gasteiger partial charge in [-0.3, -0.25) is 14.3 Å². The number of halogens is 3. The summed E-state index contributed by atoms with van der Waals surface area (Å²) < 4.78 is 30.1. The Kier molecular flexibility index (Phi) is 7.42. The maximum absolute atomic E-state index is 13.5. The van der Waals surface area contributed by atoms with Gasteiger partial charge in [-0.1, -0.05) is 23.7 Å². The van der Waals surface area contributed by atoms with E-state index in [-0.39, 0.29) is 28.2 Å². The number of benzene rings is 1. The second-order valence-corrected chi connectivity index (χ2v) is 9.89. The van der Waals surface area contributed by atoms with E-state index >= 15 is 0 Å². The average Bonchev–Trinajstić information content (AvgIpc) is 3.20. The van der Waals surface area contributed by atoms with Crippen LogP contribution in [0.4, 0.5) is 14.5 Å². The highest BCUT2D eigenvalue weighted by Crippen LogP contribution is 2.28.